The summed E-state index contributed by atoms with van der Waals surface area (Å²) in [6.07, 6.45) is 10.3. The fourth-order valence-corrected chi connectivity index (χ4v) is 2.88. The third-order valence-corrected chi connectivity index (χ3v) is 3.99. The van der Waals surface area contributed by atoms with Gasteiger partial charge in [0.15, 0.2) is 0 Å². The molecule has 0 aromatic heterocycles. The Bertz CT molecular complexity index is 236. The number of hydrogen-bond donors (Lipinski definition) is 2. The molecule has 0 aliphatic heterocycles. The van der Waals surface area contributed by atoms with Crippen molar-refractivity contribution in [2.24, 2.45) is 17.6 Å². The summed E-state index contributed by atoms with van der Waals surface area (Å²) in [4.78, 5) is 11.7. The van der Waals surface area contributed by atoms with Crippen LogP contribution in [0.5, 0.6) is 0 Å². The van der Waals surface area contributed by atoms with Crippen LogP contribution in [0.2, 0.25) is 0 Å². The number of carbonyl (C=O) groups excluding carboxylic acids is 1. The van der Waals surface area contributed by atoms with E-state index in [1.54, 1.807) is 0 Å². The minimum Gasteiger partial charge on any atom is -0.356 e. The van der Waals surface area contributed by atoms with Crippen LogP contribution in [0.4, 0.5) is 0 Å². The molecular weight excluding hydrogens is 260 g/mol. The lowest BCUT2D eigenvalue weighted by Crippen LogP contribution is -2.31. The second kappa shape index (κ2) is 11.5. The van der Waals surface area contributed by atoms with Crippen LogP contribution in [0.15, 0.2) is 0 Å². The van der Waals surface area contributed by atoms with E-state index >= 15 is 0 Å². The summed E-state index contributed by atoms with van der Waals surface area (Å²) in [5.74, 6) is 1.80. The van der Waals surface area contributed by atoms with Crippen LogP contribution in [-0.4, -0.2) is 19.0 Å². The smallest absolute Gasteiger partial charge is 0.220 e. The molecule has 19 heavy (non-hydrogen) atoms. The van der Waals surface area contributed by atoms with Gasteiger partial charge in [0.05, 0.1) is 0 Å². The van der Waals surface area contributed by atoms with E-state index in [9.17, 15) is 4.79 Å². The van der Waals surface area contributed by atoms with Crippen molar-refractivity contribution in [3.05, 3.63) is 0 Å². The number of rotatable bonds is 8. The molecule has 2 atom stereocenters. The SMILES string of the molecule is CC1CCCC(CNC(=O)CCCCCCN)C1.Cl. The molecule has 1 amide bonds. The fourth-order valence-electron chi connectivity index (χ4n) is 2.88. The average Bonchev–Trinajstić information content (AvgIpc) is 2.36. The Morgan fingerprint density at radius 3 is 2.63 bits per heavy atom. The first-order chi connectivity index (χ1) is 8.72. The van der Waals surface area contributed by atoms with E-state index in [4.69, 9.17) is 5.73 Å². The van der Waals surface area contributed by atoms with Gasteiger partial charge in [-0.25, -0.2) is 0 Å². The number of amides is 1. The molecule has 1 saturated carbocycles. The Labute approximate surface area is 124 Å². The van der Waals surface area contributed by atoms with E-state index in [0.29, 0.717) is 6.42 Å². The zero-order chi connectivity index (χ0) is 13.2. The number of hydrogen-bond acceptors (Lipinski definition) is 2. The highest BCUT2D eigenvalue weighted by Gasteiger charge is 2.18. The Morgan fingerprint density at radius 1 is 1.21 bits per heavy atom. The fraction of sp³-hybridized carbons (Fsp3) is 0.933. The second-order valence-corrected chi connectivity index (χ2v) is 5.89. The van der Waals surface area contributed by atoms with E-state index in [2.05, 4.69) is 12.2 Å². The molecule has 2 unspecified atom stereocenters. The lowest BCUT2D eigenvalue weighted by molar-refractivity contribution is -0.121. The molecule has 3 nitrogen and oxygen atoms in total. The molecule has 0 spiro atoms. The molecule has 4 heteroatoms. The van der Waals surface area contributed by atoms with Crippen molar-refractivity contribution >= 4 is 18.3 Å². The number of halogens is 1. The van der Waals surface area contributed by atoms with Gasteiger partial charge in [0, 0.05) is 13.0 Å². The topological polar surface area (TPSA) is 55.1 Å². The molecule has 1 rings (SSSR count). The molecule has 1 fully saturated rings. The van der Waals surface area contributed by atoms with Gasteiger partial charge in [-0.15, -0.1) is 12.4 Å². The van der Waals surface area contributed by atoms with Crippen LogP contribution in [0, 0.1) is 11.8 Å². The zero-order valence-corrected chi connectivity index (χ0v) is 13.1. The minimum absolute atomic E-state index is 0. The largest absolute Gasteiger partial charge is 0.356 e. The Morgan fingerprint density at radius 2 is 1.95 bits per heavy atom. The average molecular weight is 291 g/mol. The third kappa shape index (κ3) is 9.28. The standard InChI is InChI=1S/C15H30N2O.ClH/c1-13-7-6-8-14(11-13)12-17-15(18)9-4-2-3-5-10-16;/h13-14H,2-12,16H2,1H3,(H,17,18);1H. The van der Waals surface area contributed by atoms with Crippen LogP contribution < -0.4 is 11.1 Å². The molecule has 1 aliphatic rings. The first kappa shape index (κ1) is 18.7. The molecular formula is C15H31ClN2O. The number of carbonyl (C=O) groups is 1. The highest BCUT2D eigenvalue weighted by atomic mass is 35.5. The summed E-state index contributed by atoms with van der Waals surface area (Å²) >= 11 is 0. The van der Waals surface area contributed by atoms with Gasteiger partial charge in [-0.3, -0.25) is 4.79 Å². The molecule has 0 bridgehead atoms. The molecule has 0 heterocycles. The van der Waals surface area contributed by atoms with Crippen LogP contribution in [0.3, 0.4) is 0 Å². The number of unbranched alkanes of at least 4 members (excludes halogenated alkanes) is 3. The van der Waals surface area contributed by atoms with Gasteiger partial charge in [-0.2, -0.15) is 0 Å². The van der Waals surface area contributed by atoms with E-state index in [0.717, 1.165) is 50.6 Å². The van der Waals surface area contributed by atoms with Crippen molar-refractivity contribution in [3.8, 4) is 0 Å². The minimum atomic E-state index is 0. The maximum atomic E-state index is 11.7. The monoisotopic (exact) mass is 290 g/mol. The van der Waals surface area contributed by atoms with Gasteiger partial charge >= 0.3 is 0 Å². The summed E-state index contributed by atoms with van der Waals surface area (Å²) < 4.78 is 0. The molecule has 0 saturated heterocycles. The highest BCUT2D eigenvalue weighted by molar-refractivity contribution is 5.85. The van der Waals surface area contributed by atoms with Crippen molar-refractivity contribution in [1.29, 1.82) is 0 Å². The van der Waals surface area contributed by atoms with Crippen LogP contribution >= 0.6 is 12.4 Å². The van der Waals surface area contributed by atoms with Crippen molar-refractivity contribution in [2.45, 2.75) is 64.7 Å². The van der Waals surface area contributed by atoms with Gasteiger partial charge in [-0.1, -0.05) is 32.6 Å². The van der Waals surface area contributed by atoms with Gasteiger partial charge < -0.3 is 11.1 Å². The Balaban J connectivity index is 0.00000324. The lowest BCUT2D eigenvalue weighted by Gasteiger charge is -2.26. The molecule has 1 aliphatic carbocycles. The normalized spacial score (nSPS) is 22.6. The number of nitrogens with two attached hydrogens (primary N) is 1. The molecule has 114 valence electrons. The predicted octanol–water partition coefficient (Wildman–Crippen LogP) is 3.26. The highest BCUT2D eigenvalue weighted by Crippen LogP contribution is 2.27. The van der Waals surface area contributed by atoms with Crippen molar-refractivity contribution in [2.75, 3.05) is 13.1 Å². The van der Waals surface area contributed by atoms with E-state index in [1.165, 1.54) is 25.7 Å². The quantitative estimate of drug-likeness (QED) is 0.674. The van der Waals surface area contributed by atoms with Gasteiger partial charge in [-0.05, 0) is 44.1 Å². The van der Waals surface area contributed by atoms with Crippen LogP contribution in [-0.2, 0) is 4.79 Å². The summed E-state index contributed by atoms with van der Waals surface area (Å²) in [5, 5.41) is 3.10. The van der Waals surface area contributed by atoms with E-state index in [-0.39, 0.29) is 18.3 Å². The molecule has 0 aromatic carbocycles. The Kier molecular flexibility index (Phi) is 11.4. The van der Waals surface area contributed by atoms with Gasteiger partial charge in [0.1, 0.15) is 0 Å². The van der Waals surface area contributed by atoms with Crippen LogP contribution in [0.1, 0.15) is 64.7 Å². The summed E-state index contributed by atoms with van der Waals surface area (Å²) in [6, 6.07) is 0. The first-order valence-corrected chi connectivity index (χ1v) is 7.69. The third-order valence-electron chi connectivity index (χ3n) is 3.99. The van der Waals surface area contributed by atoms with E-state index in [1.807, 2.05) is 0 Å². The predicted molar refractivity (Wildman–Crippen MR) is 83.5 cm³/mol. The number of nitrogens with one attached hydrogen (secondary N) is 1. The maximum absolute atomic E-state index is 11.7. The molecule has 0 radical (unpaired) electrons. The summed E-state index contributed by atoms with van der Waals surface area (Å²) in [5.41, 5.74) is 5.43. The molecule has 3 N–H and O–H groups in total. The van der Waals surface area contributed by atoms with Crippen molar-refractivity contribution in [3.63, 3.8) is 0 Å². The van der Waals surface area contributed by atoms with Crippen molar-refractivity contribution < 1.29 is 4.79 Å². The van der Waals surface area contributed by atoms with Crippen LogP contribution in [0.25, 0.3) is 0 Å². The summed E-state index contributed by atoms with van der Waals surface area (Å²) in [6.45, 7) is 3.99. The second-order valence-electron chi connectivity index (χ2n) is 5.89. The first-order valence-electron chi connectivity index (χ1n) is 7.69. The Hall–Kier alpha value is -0.280. The van der Waals surface area contributed by atoms with Crippen molar-refractivity contribution in [1.82, 2.24) is 5.32 Å². The summed E-state index contributed by atoms with van der Waals surface area (Å²) in [7, 11) is 0. The molecule has 0 aromatic rings. The maximum Gasteiger partial charge on any atom is 0.220 e. The van der Waals surface area contributed by atoms with E-state index < -0.39 is 0 Å². The lowest BCUT2D eigenvalue weighted by atomic mass is 9.82. The zero-order valence-electron chi connectivity index (χ0n) is 12.3. The van der Waals surface area contributed by atoms with Gasteiger partial charge in [0.25, 0.3) is 0 Å². The van der Waals surface area contributed by atoms with Gasteiger partial charge in [0.2, 0.25) is 5.91 Å².